The minimum atomic E-state index is -1.26. The van der Waals surface area contributed by atoms with Gasteiger partial charge in [-0.15, -0.1) is 0 Å². The Balaban J connectivity index is 0.000000170. The molecule has 0 amide bonds. The van der Waals surface area contributed by atoms with Crippen LogP contribution >= 0.6 is 0 Å². The number of aromatic nitrogens is 2. The highest BCUT2D eigenvalue weighted by molar-refractivity contribution is 5.89. The number of fused-ring (bicyclic) bond motifs is 2. The lowest BCUT2D eigenvalue weighted by Gasteiger charge is -2.17. The van der Waals surface area contributed by atoms with Crippen molar-refractivity contribution in [1.29, 1.82) is 0 Å². The number of nitrogens with zero attached hydrogens (tertiary/aromatic N) is 3. The summed E-state index contributed by atoms with van der Waals surface area (Å²) < 4.78 is 5.41. The molecule has 1 unspecified atom stereocenters. The van der Waals surface area contributed by atoms with Gasteiger partial charge in [-0.3, -0.25) is 0 Å². The molecule has 124 valence electrons. The second kappa shape index (κ2) is 6.49. The third-order valence-corrected chi connectivity index (χ3v) is 4.42. The van der Waals surface area contributed by atoms with Crippen molar-refractivity contribution in [2.75, 3.05) is 19.6 Å². The van der Waals surface area contributed by atoms with Gasteiger partial charge in [0.25, 0.3) is 0 Å². The van der Waals surface area contributed by atoms with E-state index in [0.717, 1.165) is 24.2 Å². The summed E-state index contributed by atoms with van der Waals surface area (Å²) in [5.74, 6) is 1.27. The molecular formula is C15H19N3O5. The van der Waals surface area contributed by atoms with Gasteiger partial charge >= 0.3 is 11.9 Å². The maximum absolute atomic E-state index is 9.55. The van der Waals surface area contributed by atoms with Crippen molar-refractivity contribution >= 4 is 11.9 Å². The molecule has 2 N–H and O–H groups in total. The molecule has 3 atom stereocenters. The minimum Gasteiger partial charge on any atom is -0.478 e. The summed E-state index contributed by atoms with van der Waals surface area (Å²) in [6.07, 6.45) is 4.93. The third-order valence-electron chi connectivity index (χ3n) is 4.42. The molecule has 1 saturated carbocycles. The lowest BCUT2D eigenvalue weighted by atomic mass is 9.93. The van der Waals surface area contributed by atoms with Crippen LogP contribution in [0.3, 0.4) is 0 Å². The zero-order valence-corrected chi connectivity index (χ0v) is 12.6. The predicted molar refractivity (Wildman–Crippen MR) is 78.0 cm³/mol. The second-order valence-electron chi connectivity index (χ2n) is 6.19. The number of carboxylic acids is 2. The number of piperidine rings is 1. The topological polar surface area (TPSA) is 117 Å². The first kappa shape index (κ1) is 15.7. The summed E-state index contributed by atoms with van der Waals surface area (Å²) >= 11 is 0. The molecule has 4 rings (SSSR count). The monoisotopic (exact) mass is 321 g/mol. The fourth-order valence-corrected chi connectivity index (χ4v) is 3.11. The number of hydrogen-bond donors (Lipinski definition) is 2. The van der Waals surface area contributed by atoms with Gasteiger partial charge in [0.15, 0.2) is 5.82 Å². The standard InChI is InChI=1S/C11H15N3O.C4H4O4/c1-2-7(1)10-12-11(15-13-10)9-6-14-4-3-8(9)5-14;5-3(6)1-2-4(7)8/h7-9H,1-6H2;1-2H,(H,5,6)(H,7,8)/b;2-1-/t8-,9-;/m0./s1. The van der Waals surface area contributed by atoms with Crippen molar-refractivity contribution in [2.24, 2.45) is 5.92 Å². The lowest BCUT2D eigenvalue weighted by molar-refractivity contribution is -0.134. The fourth-order valence-electron chi connectivity index (χ4n) is 3.11. The Hall–Kier alpha value is -2.22. The van der Waals surface area contributed by atoms with Gasteiger partial charge < -0.3 is 19.6 Å². The van der Waals surface area contributed by atoms with Gasteiger partial charge in [0.05, 0.1) is 5.92 Å². The van der Waals surface area contributed by atoms with Crippen LogP contribution in [0.5, 0.6) is 0 Å². The van der Waals surface area contributed by atoms with Crippen LogP contribution in [-0.2, 0) is 9.59 Å². The minimum absolute atomic E-state index is 0.527. The van der Waals surface area contributed by atoms with Crippen LogP contribution in [0.15, 0.2) is 16.7 Å². The Bertz CT molecular complexity index is 606. The van der Waals surface area contributed by atoms with Crippen molar-refractivity contribution in [1.82, 2.24) is 15.0 Å². The van der Waals surface area contributed by atoms with Crippen LogP contribution < -0.4 is 0 Å². The second-order valence-corrected chi connectivity index (χ2v) is 6.19. The molecule has 2 bridgehead atoms. The van der Waals surface area contributed by atoms with Gasteiger partial charge in [0, 0.05) is 31.2 Å². The highest BCUT2D eigenvalue weighted by Gasteiger charge is 2.42. The third kappa shape index (κ3) is 3.95. The van der Waals surface area contributed by atoms with E-state index in [1.54, 1.807) is 0 Å². The molecule has 3 aliphatic rings. The van der Waals surface area contributed by atoms with Gasteiger partial charge in [-0.1, -0.05) is 5.16 Å². The summed E-state index contributed by atoms with van der Waals surface area (Å²) in [5, 5.41) is 19.7. The van der Waals surface area contributed by atoms with Gasteiger partial charge in [-0.2, -0.15) is 4.98 Å². The number of hydrogen-bond acceptors (Lipinski definition) is 6. The molecule has 1 aliphatic carbocycles. The van der Waals surface area contributed by atoms with Crippen LogP contribution in [0.2, 0.25) is 0 Å². The highest BCUT2D eigenvalue weighted by Crippen LogP contribution is 2.42. The van der Waals surface area contributed by atoms with E-state index < -0.39 is 11.9 Å². The molecule has 0 radical (unpaired) electrons. The zero-order chi connectivity index (χ0) is 16.4. The van der Waals surface area contributed by atoms with Crippen LogP contribution in [0, 0.1) is 5.92 Å². The van der Waals surface area contributed by atoms with Crippen molar-refractivity contribution in [3.63, 3.8) is 0 Å². The van der Waals surface area contributed by atoms with Crippen molar-refractivity contribution in [3.8, 4) is 0 Å². The van der Waals surface area contributed by atoms with Gasteiger partial charge in [0.1, 0.15) is 0 Å². The molecule has 0 spiro atoms. The van der Waals surface area contributed by atoms with Crippen molar-refractivity contribution in [2.45, 2.75) is 31.1 Å². The number of aliphatic carboxylic acids is 2. The van der Waals surface area contributed by atoms with E-state index in [2.05, 4.69) is 15.0 Å². The van der Waals surface area contributed by atoms with E-state index >= 15 is 0 Å². The molecule has 3 heterocycles. The van der Waals surface area contributed by atoms with Gasteiger partial charge in [-0.05, 0) is 31.7 Å². The Labute approximate surface area is 132 Å². The summed E-state index contributed by atoms with van der Waals surface area (Å²) in [4.78, 5) is 26.2. The maximum Gasteiger partial charge on any atom is 0.328 e. The van der Waals surface area contributed by atoms with Crippen LogP contribution in [-0.4, -0.2) is 56.8 Å². The molecule has 2 saturated heterocycles. The summed E-state index contributed by atoms with van der Waals surface area (Å²) in [6.45, 7) is 3.65. The average Bonchev–Trinajstić information content (AvgIpc) is 2.95. The Morgan fingerprint density at radius 3 is 2.30 bits per heavy atom. The Morgan fingerprint density at radius 1 is 1.13 bits per heavy atom. The average molecular weight is 321 g/mol. The molecular weight excluding hydrogens is 302 g/mol. The number of carboxylic acid groups (broad SMARTS) is 2. The Morgan fingerprint density at radius 2 is 1.83 bits per heavy atom. The lowest BCUT2D eigenvalue weighted by Crippen LogP contribution is -2.22. The van der Waals surface area contributed by atoms with E-state index in [1.165, 1.54) is 32.4 Å². The molecule has 1 aromatic rings. The molecule has 8 heteroatoms. The molecule has 23 heavy (non-hydrogen) atoms. The maximum atomic E-state index is 9.55. The predicted octanol–water partition coefficient (Wildman–Crippen LogP) is 1.08. The number of carbonyl (C=O) groups is 2. The molecule has 1 aromatic heterocycles. The van der Waals surface area contributed by atoms with E-state index in [9.17, 15) is 9.59 Å². The van der Waals surface area contributed by atoms with Gasteiger partial charge in [-0.25, -0.2) is 9.59 Å². The first-order chi connectivity index (χ1) is 11.0. The molecule has 8 nitrogen and oxygen atoms in total. The quantitative estimate of drug-likeness (QED) is 0.791. The van der Waals surface area contributed by atoms with Crippen molar-refractivity contribution < 1.29 is 24.3 Å². The fraction of sp³-hybridized carbons (Fsp3) is 0.600. The van der Waals surface area contributed by atoms with Crippen LogP contribution in [0.4, 0.5) is 0 Å². The summed E-state index contributed by atoms with van der Waals surface area (Å²) in [6, 6.07) is 0. The normalized spacial score (nSPS) is 28.6. The van der Waals surface area contributed by atoms with Crippen LogP contribution in [0.1, 0.15) is 42.8 Å². The molecule has 2 aliphatic heterocycles. The van der Waals surface area contributed by atoms with E-state index in [-0.39, 0.29) is 0 Å². The first-order valence-electron chi connectivity index (χ1n) is 7.72. The van der Waals surface area contributed by atoms with Crippen LogP contribution in [0.25, 0.3) is 0 Å². The Kier molecular flexibility index (Phi) is 4.42. The zero-order valence-electron chi connectivity index (χ0n) is 12.6. The van der Waals surface area contributed by atoms with E-state index in [1.807, 2.05) is 0 Å². The number of rotatable bonds is 4. The van der Waals surface area contributed by atoms with Gasteiger partial charge in [0.2, 0.25) is 5.89 Å². The SMILES string of the molecule is C1CC1c1noc([C@H]2CN3CC[C@H]2C3)n1.O=C(O)/C=C\C(=O)O. The van der Waals surface area contributed by atoms with Crippen molar-refractivity contribution in [3.05, 3.63) is 23.9 Å². The molecule has 3 fully saturated rings. The van der Waals surface area contributed by atoms with E-state index in [0.29, 0.717) is 24.0 Å². The summed E-state index contributed by atoms with van der Waals surface area (Å²) in [7, 11) is 0. The summed E-state index contributed by atoms with van der Waals surface area (Å²) in [5.41, 5.74) is 0. The highest BCUT2D eigenvalue weighted by atomic mass is 16.5. The first-order valence-corrected chi connectivity index (χ1v) is 7.72. The smallest absolute Gasteiger partial charge is 0.328 e. The largest absolute Gasteiger partial charge is 0.478 e. The molecule has 0 aromatic carbocycles. The van der Waals surface area contributed by atoms with E-state index in [4.69, 9.17) is 14.7 Å².